The summed E-state index contributed by atoms with van der Waals surface area (Å²) >= 11 is 0. The van der Waals surface area contributed by atoms with Crippen LogP contribution in [0.15, 0.2) is 78.8 Å². The summed E-state index contributed by atoms with van der Waals surface area (Å²) < 4.78 is 0. The Balaban J connectivity index is 0.000000290. The summed E-state index contributed by atoms with van der Waals surface area (Å²) in [6.07, 6.45) is 3.82. The number of hydrogen-bond acceptors (Lipinski definition) is 4. The van der Waals surface area contributed by atoms with Gasteiger partial charge in [0.15, 0.2) is 5.78 Å². The second kappa shape index (κ2) is 13.5. The molecule has 4 aromatic carbocycles. The van der Waals surface area contributed by atoms with E-state index in [9.17, 15) is 9.90 Å². The van der Waals surface area contributed by atoms with Crippen molar-refractivity contribution in [3.63, 3.8) is 0 Å². The van der Waals surface area contributed by atoms with E-state index in [1.165, 1.54) is 38.7 Å². The van der Waals surface area contributed by atoms with Crippen molar-refractivity contribution in [2.24, 2.45) is 10.8 Å². The van der Waals surface area contributed by atoms with Crippen LogP contribution in [0.5, 0.6) is 0 Å². The van der Waals surface area contributed by atoms with Crippen LogP contribution in [0.3, 0.4) is 0 Å². The number of aliphatic hydroxyl groups is 1. The minimum atomic E-state index is -0.376. The molecule has 5 aromatic rings. The van der Waals surface area contributed by atoms with Gasteiger partial charge in [-0.25, -0.2) is 4.98 Å². The van der Waals surface area contributed by atoms with Crippen molar-refractivity contribution >= 4 is 38.2 Å². The van der Waals surface area contributed by atoms with Crippen molar-refractivity contribution in [3.8, 4) is 11.3 Å². The van der Waals surface area contributed by atoms with E-state index in [0.29, 0.717) is 5.92 Å². The number of carbonyl (C=O) groups is 1. The monoisotopic (exact) mass is 752 g/mol. The molecule has 5 heteroatoms. The van der Waals surface area contributed by atoms with E-state index in [-0.39, 0.29) is 42.5 Å². The molecule has 0 atom stereocenters. The summed E-state index contributed by atoms with van der Waals surface area (Å²) in [5.74, 6) is 0.642. The average molecular weight is 752 g/mol. The summed E-state index contributed by atoms with van der Waals surface area (Å²) in [5, 5.41) is 15.7. The molecule has 4 nitrogen and oxygen atoms in total. The number of fused-ring (bicyclic) bond motifs is 4. The molecule has 0 saturated heterocycles. The fraction of sp³-hybridized carbons (Fsp3) is 0.342. The topological polar surface area (TPSA) is 63.1 Å². The SMILES string of the molecule is CCC(C)(C)C(=O)/C=C(\O)C(C)(C)C.Cc1c2ccccc2cc2ccc3c(-c4[c-]cc(C(C)C)cc4)ncnc3c12.[Ir]. The van der Waals surface area contributed by atoms with Crippen LogP contribution in [0.2, 0.25) is 0 Å². The van der Waals surface area contributed by atoms with Gasteiger partial charge in [0, 0.05) is 42.4 Å². The van der Waals surface area contributed by atoms with E-state index >= 15 is 0 Å². The number of ketones is 1. The standard InChI is InChI=1S/C26H21N2.C12H22O2.Ir/c1-16(2)18-8-10-19(11-9-18)25-23-13-12-21-14-20-6-4-5-7-22(20)17(3)24(21)26(23)28-15-27-25;1-7-12(5,6)10(14)8-9(13)11(2,3)4;/h4-10,12-16H,1-3H3;8,13H,7H2,1-6H3;/q-1;;/b;9-8-;. The van der Waals surface area contributed by atoms with Crippen molar-refractivity contribution in [1.82, 2.24) is 9.97 Å². The van der Waals surface area contributed by atoms with Gasteiger partial charge in [-0.05, 0) is 52.2 Å². The number of aryl methyl sites for hydroxylation is 1. The molecule has 0 bridgehead atoms. The maximum absolute atomic E-state index is 11.7. The van der Waals surface area contributed by atoms with Crippen molar-refractivity contribution in [1.29, 1.82) is 0 Å². The zero-order chi connectivity index (χ0) is 30.8. The van der Waals surface area contributed by atoms with Gasteiger partial charge in [0.2, 0.25) is 0 Å². The molecule has 43 heavy (non-hydrogen) atoms. The summed E-state index contributed by atoms with van der Waals surface area (Å²) in [6.45, 7) is 18.0. The van der Waals surface area contributed by atoms with E-state index < -0.39 is 0 Å². The molecule has 1 aromatic heterocycles. The zero-order valence-electron chi connectivity index (χ0n) is 26.8. The van der Waals surface area contributed by atoms with E-state index in [4.69, 9.17) is 0 Å². The van der Waals surface area contributed by atoms with E-state index in [2.05, 4.69) is 97.5 Å². The van der Waals surface area contributed by atoms with Crippen LogP contribution >= 0.6 is 0 Å². The normalized spacial score (nSPS) is 12.3. The molecule has 0 amide bonds. The fourth-order valence-corrected chi connectivity index (χ4v) is 4.79. The molecule has 1 N–H and O–H groups in total. The van der Waals surface area contributed by atoms with Crippen LogP contribution in [0.1, 0.15) is 78.9 Å². The number of aromatic nitrogens is 2. The summed E-state index contributed by atoms with van der Waals surface area (Å²) in [6, 6.07) is 24.9. The average Bonchev–Trinajstić information content (AvgIpc) is 2.96. The minimum Gasteiger partial charge on any atom is -0.512 e. The molecule has 227 valence electrons. The first-order valence-electron chi connectivity index (χ1n) is 14.8. The Kier molecular flexibility index (Phi) is 10.7. The third-order valence-corrected chi connectivity index (χ3v) is 8.24. The van der Waals surface area contributed by atoms with Gasteiger partial charge in [0.1, 0.15) is 12.1 Å². The number of nitrogens with zero attached hydrogens (tertiary/aromatic N) is 2. The third kappa shape index (κ3) is 7.40. The maximum Gasteiger partial charge on any atom is 0.164 e. The van der Waals surface area contributed by atoms with Gasteiger partial charge in [0.05, 0.1) is 5.52 Å². The van der Waals surface area contributed by atoms with E-state index in [1.54, 1.807) is 6.33 Å². The number of carbonyl (C=O) groups excluding carboxylic acids is 1. The van der Waals surface area contributed by atoms with Gasteiger partial charge in [-0.15, -0.1) is 35.4 Å². The number of hydrogen-bond donors (Lipinski definition) is 1. The van der Waals surface area contributed by atoms with Crippen molar-refractivity contribution in [2.45, 2.75) is 74.7 Å². The molecule has 1 heterocycles. The molecule has 0 spiro atoms. The first-order valence-corrected chi connectivity index (χ1v) is 14.8. The predicted molar refractivity (Wildman–Crippen MR) is 177 cm³/mol. The molecule has 5 rings (SSSR count). The molecule has 1 radical (unpaired) electrons. The number of allylic oxidation sites excluding steroid dienone is 2. The van der Waals surface area contributed by atoms with E-state index in [1.807, 2.05) is 41.5 Å². The molecule has 0 aliphatic carbocycles. The number of rotatable bonds is 5. The van der Waals surface area contributed by atoms with Gasteiger partial charge in [-0.2, -0.15) is 0 Å². The second-order valence-corrected chi connectivity index (χ2v) is 13.1. The van der Waals surface area contributed by atoms with Crippen LogP contribution in [0, 0.1) is 23.8 Å². The second-order valence-electron chi connectivity index (χ2n) is 13.1. The van der Waals surface area contributed by atoms with Gasteiger partial charge in [-0.1, -0.05) is 97.7 Å². The largest absolute Gasteiger partial charge is 0.512 e. The Morgan fingerprint density at radius 1 is 0.953 bits per heavy atom. The van der Waals surface area contributed by atoms with E-state index in [0.717, 1.165) is 28.6 Å². The molecule has 0 aliphatic rings. The number of aliphatic hydroxyl groups excluding tert-OH is 1. The van der Waals surface area contributed by atoms with Crippen molar-refractivity contribution < 1.29 is 30.0 Å². The number of benzene rings is 4. The molecule has 0 aliphatic heterocycles. The third-order valence-electron chi connectivity index (χ3n) is 8.24. The van der Waals surface area contributed by atoms with Crippen LogP contribution in [0.4, 0.5) is 0 Å². The van der Waals surface area contributed by atoms with Crippen LogP contribution in [-0.2, 0) is 24.9 Å². The Bertz CT molecular complexity index is 1780. The summed E-state index contributed by atoms with van der Waals surface area (Å²) in [5.41, 5.74) is 4.78. The first kappa shape index (κ1) is 34.1. The molecule has 0 saturated carbocycles. The Morgan fingerprint density at radius 2 is 1.65 bits per heavy atom. The van der Waals surface area contributed by atoms with Crippen molar-refractivity contribution in [3.05, 3.63) is 96.0 Å². The molecule has 0 unspecified atom stereocenters. The predicted octanol–water partition coefficient (Wildman–Crippen LogP) is 10.3. The Hall–Kier alpha value is -3.40. The zero-order valence-corrected chi connectivity index (χ0v) is 29.2. The molecular formula is C38H43IrN2O2-. The Labute approximate surface area is 270 Å². The first-order chi connectivity index (χ1) is 19.7. The van der Waals surface area contributed by atoms with Crippen LogP contribution < -0.4 is 0 Å². The van der Waals surface area contributed by atoms with Crippen molar-refractivity contribution in [2.75, 3.05) is 0 Å². The van der Waals surface area contributed by atoms with Gasteiger partial charge >= 0.3 is 0 Å². The van der Waals surface area contributed by atoms with Gasteiger partial charge in [-0.3, -0.25) is 9.78 Å². The van der Waals surface area contributed by atoms with Crippen LogP contribution in [0.25, 0.3) is 43.7 Å². The quantitative estimate of drug-likeness (QED) is 0.0639. The molecular weight excluding hydrogens is 709 g/mol. The fourth-order valence-electron chi connectivity index (χ4n) is 4.79. The summed E-state index contributed by atoms with van der Waals surface area (Å²) in [7, 11) is 0. The smallest absolute Gasteiger partial charge is 0.164 e. The van der Waals surface area contributed by atoms with Gasteiger partial charge in [0.25, 0.3) is 0 Å². The van der Waals surface area contributed by atoms with Crippen LogP contribution in [-0.4, -0.2) is 20.9 Å². The molecule has 0 fully saturated rings. The van der Waals surface area contributed by atoms with Gasteiger partial charge < -0.3 is 5.11 Å². The Morgan fingerprint density at radius 3 is 2.26 bits per heavy atom. The maximum atomic E-state index is 11.7. The minimum absolute atomic E-state index is 0. The summed E-state index contributed by atoms with van der Waals surface area (Å²) in [4.78, 5) is 21.0.